The van der Waals surface area contributed by atoms with Gasteiger partial charge in [0.25, 0.3) is 0 Å². The third-order valence-corrected chi connectivity index (χ3v) is 16.4. The van der Waals surface area contributed by atoms with Gasteiger partial charge in [0.2, 0.25) is 6.29 Å². The summed E-state index contributed by atoms with van der Waals surface area (Å²) in [5, 5.41) is 101. The van der Waals surface area contributed by atoms with Crippen molar-refractivity contribution in [2.45, 2.75) is 255 Å². The van der Waals surface area contributed by atoms with E-state index >= 15 is 0 Å². The first kappa shape index (κ1) is 64.7. The van der Waals surface area contributed by atoms with Crippen LogP contribution in [0.2, 0.25) is 0 Å². The van der Waals surface area contributed by atoms with Crippen LogP contribution in [-0.4, -0.2) is 223 Å². The van der Waals surface area contributed by atoms with Gasteiger partial charge in [0.1, 0.15) is 65.6 Å². The van der Waals surface area contributed by atoms with E-state index in [1.54, 1.807) is 41.5 Å². The Balaban J connectivity index is 1.00. The smallest absolute Gasteiger partial charge is 0.308 e. The van der Waals surface area contributed by atoms with Crippen LogP contribution in [0.3, 0.4) is 0 Å². The van der Waals surface area contributed by atoms with Gasteiger partial charge in [-0.1, -0.05) is 13.8 Å². The van der Waals surface area contributed by atoms with Crippen LogP contribution in [-0.2, 0) is 77.6 Å². The number of hydrogen-bond donors (Lipinski definition) is 9. The number of esters is 2. The van der Waals surface area contributed by atoms with E-state index in [2.05, 4.69) is 0 Å². The van der Waals surface area contributed by atoms with Crippen LogP contribution < -0.4 is 4.74 Å². The first-order valence-corrected chi connectivity index (χ1v) is 28.3. The largest absolute Gasteiger partial charge is 0.507 e. The fourth-order valence-electron chi connectivity index (χ4n) is 12.1. The lowest BCUT2D eigenvalue weighted by molar-refractivity contribution is -0.334. The summed E-state index contributed by atoms with van der Waals surface area (Å²) in [5.74, 6) is -6.48. The monoisotopic (exact) mass is 1180 g/mol. The molecule has 2 aromatic rings. The van der Waals surface area contributed by atoms with Crippen molar-refractivity contribution in [1.82, 2.24) is 0 Å². The number of aliphatic hydroxyl groups is 7. The van der Waals surface area contributed by atoms with Crippen LogP contribution >= 0.6 is 0 Å². The lowest BCUT2D eigenvalue weighted by Crippen LogP contribution is -2.59. The van der Waals surface area contributed by atoms with Gasteiger partial charge in [-0.3, -0.25) is 19.2 Å². The molecule has 5 fully saturated rings. The van der Waals surface area contributed by atoms with Crippen molar-refractivity contribution in [2.24, 2.45) is 11.8 Å². The quantitative estimate of drug-likeness (QED) is 0.0948. The molecule has 0 saturated carbocycles. The van der Waals surface area contributed by atoms with Gasteiger partial charge in [-0.15, -0.1) is 0 Å². The van der Waals surface area contributed by atoms with Crippen LogP contribution in [0.4, 0.5) is 0 Å². The Labute approximate surface area is 480 Å². The van der Waals surface area contributed by atoms with E-state index < -0.39 is 194 Å². The van der Waals surface area contributed by atoms with E-state index in [-0.39, 0.29) is 66.2 Å². The Bertz CT molecular complexity index is 2600. The highest BCUT2D eigenvalue weighted by Gasteiger charge is 2.52. The first-order valence-electron chi connectivity index (χ1n) is 28.3. The van der Waals surface area contributed by atoms with E-state index in [4.69, 9.17) is 61.6 Å². The number of fused-ring (bicyclic) bond motifs is 2. The highest BCUT2D eigenvalue weighted by Crippen LogP contribution is 2.46. The summed E-state index contributed by atoms with van der Waals surface area (Å²) in [6, 6.07) is 4.06. The normalized spacial score (nSPS) is 39.8. The van der Waals surface area contributed by atoms with E-state index in [1.165, 1.54) is 46.1 Å². The lowest BCUT2D eigenvalue weighted by atomic mass is 9.75. The molecule has 26 nitrogen and oxygen atoms in total. The third kappa shape index (κ3) is 14.3. The number of benzene rings is 2. The van der Waals surface area contributed by atoms with Crippen molar-refractivity contribution in [2.75, 3.05) is 7.11 Å². The zero-order valence-electron chi connectivity index (χ0n) is 48.4. The summed E-state index contributed by atoms with van der Waals surface area (Å²) in [6.45, 7) is 15.3. The van der Waals surface area contributed by atoms with E-state index in [1.807, 2.05) is 0 Å². The molecular formula is C57H82O26. The fraction of sp³-hybridized carbons (Fsp3) is 0.754. The molecule has 5 aliphatic heterocycles. The van der Waals surface area contributed by atoms with Crippen molar-refractivity contribution in [3.8, 4) is 17.2 Å². The predicted octanol–water partition coefficient (Wildman–Crippen LogP) is 1.22. The van der Waals surface area contributed by atoms with Gasteiger partial charge < -0.3 is 108 Å². The van der Waals surface area contributed by atoms with Gasteiger partial charge in [0, 0.05) is 58.1 Å². The molecule has 25 atom stereocenters. The van der Waals surface area contributed by atoms with Crippen LogP contribution in [0, 0.1) is 11.8 Å². The molecule has 0 aromatic heterocycles. The Morgan fingerprint density at radius 1 is 0.687 bits per heavy atom. The predicted molar refractivity (Wildman–Crippen MR) is 282 cm³/mol. The number of phenolic OH excluding ortho intramolecular Hbond substituents is 2. The summed E-state index contributed by atoms with van der Waals surface area (Å²) >= 11 is 0. The molecule has 0 spiro atoms. The Morgan fingerprint density at radius 3 is 1.81 bits per heavy atom. The zero-order valence-corrected chi connectivity index (χ0v) is 48.4. The van der Waals surface area contributed by atoms with Crippen molar-refractivity contribution >= 4 is 34.3 Å². The summed E-state index contributed by atoms with van der Waals surface area (Å²) in [4.78, 5) is 53.2. The number of hydrogen-bond acceptors (Lipinski definition) is 26. The van der Waals surface area contributed by atoms with E-state index in [0.717, 1.165) is 6.92 Å². The molecule has 26 heteroatoms. The second kappa shape index (κ2) is 26.4. The van der Waals surface area contributed by atoms with Gasteiger partial charge in [0.15, 0.2) is 48.9 Å². The van der Waals surface area contributed by atoms with Crippen molar-refractivity contribution in [3.05, 3.63) is 29.3 Å². The molecule has 5 heterocycles. The van der Waals surface area contributed by atoms with Crippen LogP contribution in [0.1, 0.15) is 117 Å². The SMILES string of the molecule is COC1C(O)CC(OC2CC(Oc3cc(O)c4c(O)c5c(cc4c3)CC(C(O)C(=O)C(O)C(C)O)C(OC3CC(OC4CC(OC6CC(C)(O)C(OC(=O)C(C)C)C(C)O6)C(O)C(C)O4)C(O)C(C)O3)C5=O)OC(C)C2OC(C)=O)OC1C. The van der Waals surface area contributed by atoms with Crippen molar-refractivity contribution < 1.29 is 127 Å². The number of ether oxygens (including phenoxy) is 13. The number of Topliss-reactive ketones (excluding diaryl/α,β-unsaturated/α-hetero) is 2. The number of methoxy groups -OCH3 is 1. The molecule has 466 valence electrons. The average molecular weight is 1180 g/mol. The topological polar surface area (TPSA) is 370 Å². The molecular weight excluding hydrogens is 1100 g/mol. The molecule has 25 unspecified atom stereocenters. The number of carbonyl (C=O) groups is 4. The summed E-state index contributed by atoms with van der Waals surface area (Å²) in [5.41, 5.74) is -1.82. The number of rotatable bonds is 18. The lowest BCUT2D eigenvalue weighted by Gasteiger charge is -2.46. The molecule has 8 rings (SSSR count). The van der Waals surface area contributed by atoms with Gasteiger partial charge in [-0.2, -0.15) is 0 Å². The second-order valence-electron chi connectivity index (χ2n) is 23.5. The third-order valence-electron chi connectivity index (χ3n) is 16.4. The summed E-state index contributed by atoms with van der Waals surface area (Å²) in [6.07, 6.45) is -27.3. The number of carbonyl (C=O) groups excluding carboxylic acids is 4. The molecule has 1 aliphatic carbocycles. The minimum absolute atomic E-state index is 0.0186. The van der Waals surface area contributed by atoms with Crippen molar-refractivity contribution in [1.29, 1.82) is 0 Å². The van der Waals surface area contributed by atoms with Crippen LogP contribution in [0.25, 0.3) is 10.8 Å². The van der Waals surface area contributed by atoms with E-state index in [9.17, 15) is 65.1 Å². The Morgan fingerprint density at radius 2 is 1.23 bits per heavy atom. The van der Waals surface area contributed by atoms with Gasteiger partial charge >= 0.3 is 11.9 Å². The maximum atomic E-state index is 14.9. The fourth-order valence-corrected chi connectivity index (χ4v) is 12.1. The highest BCUT2D eigenvalue weighted by atomic mass is 16.7. The van der Waals surface area contributed by atoms with E-state index in [0.29, 0.717) is 0 Å². The maximum Gasteiger partial charge on any atom is 0.308 e. The molecule has 0 bridgehead atoms. The number of aromatic hydroxyl groups is 2. The molecule has 0 amide bonds. The number of ketones is 2. The van der Waals surface area contributed by atoms with Crippen molar-refractivity contribution in [3.63, 3.8) is 0 Å². The standard InChI is InChI=1S/C57H82O26/c1-21(2)56(69)83-55-27(8)76-42(20-57(55,10)70)80-36-17-40(72-23(4)47(36)64)79-35-18-41(73-24(5)46(35)63)82-54-32(48(65)51(68)45(62)22(3)58)14-30-12-29-13-31(15-33(60)43(29)49(66)44(30)50(54)67)78-39-19-37(53(26(7)75-39)77-28(9)59)81-38-16-34(61)52(71-11)25(6)74-38/h12-13,15,21-27,32,34-42,45-48,52-55,58,60-66,70H,14,16-20H2,1-11H3. The molecule has 2 aromatic carbocycles. The second-order valence-corrected chi connectivity index (χ2v) is 23.5. The zero-order chi connectivity index (χ0) is 60.8. The summed E-state index contributed by atoms with van der Waals surface area (Å²) in [7, 11) is 1.46. The minimum atomic E-state index is -2.16. The molecule has 9 N–H and O–H groups in total. The molecule has 83 heavy (non-hydrogen) atoms. The van der Waals surface area contributed by atoms with Crippen LogP contribution in [0.5, 0.6) is 17.2 Å². The first-order chi connectivity index (χ1) is 39.0. The Kier molecular flexibility index (Phi) is 20.5. The average Bonchev–Trinajstić information content (AvgIpc) is 1.78. The van der Waals surface area contributed by atoms with Gasteiger partial charge in [-0.25, -0.2) is 0 Å². The maximum absolute atomic E-state index is 14.9. The van der Waals surface area contributed by atoms with Gasteiger partial charge in [0.05, 0.1) is 71.8 Å². The molecule has 5 saturated heterocycles. The minimum Gasteiger partial charge on any atom is -0.507 e. The molecule has 0 radical (unpaired) electrons. The Hall–Kier alpha value is -4.30. The number of phenols is 2. The molecule has 6 aliphatic rings. The number of aliphatic hydroxyl groups excluding tert-OH is 6. The van der Waals surface area contributed by atoms with Crippen LogP contribution in [0.15, 0.2) is 18.2 Å². The highest BCUT2D eigenvalue weighted by molar-refractivity contribution is 6.11. The summed E-state index contributed by atoms with van der Waals surface area (Å²) < 4.78 is 78.2. The van der Waals surface area contributed by atoms with Gasteiger partial charge in [-0.05, 0) is 78.0 Å².